The van der Waals surface area contributed by atoms with Crippen LogP contribution in [0.2, 0.25) is 0 Å². The van der Waals surface area contributed by atoms with Crippen LogP contribution in [0, 0.1) is 5.82 Å². The summed E-state index contributed by atoms with van der Waals surface area (Å²) in [6, 6.07) is 7.04. The Morgan fingerprint density at radius 3 is 3.05 bits per heavy atom. The topological polar surface area (TPSA) is 32.3 Å². The van der Waals surface area contributed by atoms with Gasteiger partial charge in [-0.2, -0.15) is 0 Å². The lowest BCUT2D eigenvalue weighted by atomic mass is 10.2. The van der Waals surface area contributed by atoms with E-state index in [1.165, 1.54) is 17.8 Å². The molecule has 1 aromatic rings. The fourth-order valence-electron chi connectivity index (χ4n) is 2.13. The molecule has 1 N–H and O–H groups in total. The van der Waals surface area contributed by atoms with Gasteiger partial charge in [-0.3, -0.25) is 4.79 Å². The number of halogens is 1. The van der Waals surface area contributed by atoms with Crippen molar-refractivity contribution in [3.05, 3.63) is 30.1 Å². The average Bonchev–Trinajstić information content (AvgIpc) is 2.41. The van der Waals surface area contributed by atoms with Crippen molar-refractivity contribution in [2.75, 3.05) is 25.4 Å². The van der Waals surface area contributed by atoms with E-state index in [0.717, 1.165) is 19.6 Å². The van der Waals surface area contributed by atoms with Crippen molar-refractivity contribution < 1.29 is 9.18 Å². The minimum Gasteiger partial charge on any atom is -0.340 e. The number of nitrogens with zero attached hydrogens (tertiary/aromatic N) is 1. The predicted octanol–water partition coefficient (Wildman–Crippen LogP) is 2.13. The first kappa shape index (κ1) is 14.3. The normalized spacial score (nSPS) is 19.5. The van der Waals surface area contributed by atoms with Crippen molar-refractivity contribution in [3.8, 4) is 0 Å². The van der Waals surface area contributed by atoms with Crippen LogP contribution in [-0.4, -0.2) is 42.2 Å². The van der Waals surface area contributed by atoms with Crippen LogP contribution in [0.5, 0.6) is 0 Å². The quantitative estimate of drug-likeness (QED) is 0.859. The van der Waals surface area contributed by atoms with E-state index in [-0.39, 0.29) is 11.7 Å². The standard InChI is InChI=1S/C14H19FN2OS/c1-11-10-17(8-7-16-11)14(18)6-9-19-13-5-3-2-4-12(13)15/h2-5,11,16H,6-10H2,1H3. The van der Waals surface area contributed by atoms with E-state index in [2.05, 4.69) is 12.2 Å². The zero-order valence-corrected chi connectivity index (χ0v) is 11.9. The summed E-state index contributed by atoms with van der Waals surface area (Å²) in [7, 11) is 0. The fraction of sp³-hybridized carbons (Fsp3) is 0.500. The van der Waals surface area contributed by atoms with Gasteiger partial charge in [-0.15, -0.1) is 11.8 Å². The molecule has 1 amide bonds. The molecule has 0 spiro atoms. The van der Waals surface area contributed by atoms with Gasteiger partial charge in [0.15, 0.2) is 0 Å². The fourth-order valence-corrected chi connectivity index (χ4v) is 3.00. The molecular formula is C14H19FN2OS. The number of amides is 1. The number of thioether (sulfide) groups is 1. The first-order valence-corrected chi connectivity index (χ1v) is 7.54. The van der Waals surface area contributed by atoms with Crippen molar-refractivity contribution >= 4 is 17.7 Å². The molecule has 1 aromatic carbocycles. The Morgan fingerprint density at radius 1 is 1.53 bits per heavy atom. The number of carbonyl (C=O) groups is 1. The summed E-state index contributed by atoms with van der Waals surface area (Å²) in [6.45, 7) is 4.47. The van der Waals surface area contributed by atoms with E-state index in [0.29, 0.717) is 23.1 Å². The molecule has 19 heavy (non-hydrogen) atoms. The van der Waals surface area contributed by atoms with E-state index in [4.69, 9.17) is 0 Å². The zero-order valence-electron chi connectivity index (χ0n) is 11.1. The van der Waals surface area contributed by atoms with Gasteiger partial charge in [-0.1, -0.05) is 12.1 Å². The maximum absolute atomic E-state index is 13.4. The lowest BCUT2D eigenvalue weighted by Gasteiger charge is -2.31. The van der Waals surface area contributed by atoms with E-state index in [1.54, 1.807) is 12.1 Å². The smallest absolute Gasteiger partial charge is 0.223 e. The number of hydrogen-bond donors (Lipinski definition) is 1. The molecular weight excluding hydrogens is 263 g/mol. The van der Waals surface area contributed by atoms with Gasteiger partial charge in [-0.05, 0) is 19.1 Å². The highest BCUT2D eigenvalue weighted by Gasteiger charge is 2.19. The van der Waals surface area contributed by atoms with Crippen LogP contribution in [-0.2, 0) is 4.79 Å². The highest BCUT2D eigenvalue weighted by molar-refractivity contribution is 7.99. The average molecular weight is 282 g/mol. The maximum atomic E-state index is 13.4. The minimum atomic E-state index is -0.212. The molecule has 0 radical (unpaired) electrons. The number of rotatable bonds is 4. The second kappa shape index (κ2) is 6.91. The molecule has 1 saturated heterocycles. The van der Waals surface area contributed by atoms with E-state index < -0.39 is 0 Å². The number of carbonyl (C=O) groups excluding carboxylic acids is 1. The summed E-state index contributed by atoms with van der Waals surface area (Å²) in [5, 5.41) is 3.31. The molecule has 1 aliphatic rings. The van der Waals surface area contributed by atoms with E-state index in [1.807, 2.05) is 11.0 Å². The van der Waals surface area contributed by atoms with Gasteiger partial charge in [0.2, 0.25) is 5.91 Å². The van der Waals surface area contributed by atoms with Gasteiger partial charge < -0.3 is 10.2 Å². The Bertz CT molecular complexity index is 441. The van der Waals surface area contributed by atoms with Crippen LogP contribution in [0.15, 0.2) is 29.2 Å². The monoisotopic (exact) mass is 282 g/mol. The first-order valence-electron chi connectivity index (χ1n) is 6.55. The van der Waals surface area contributed by atoms with E-state index >= 15 is 0 Å². The maximum Gasteiger partial charge on any atom is 0.223 e. The summed E-state index contributed by atoms with van der Waals surface area (Å²) in [5.41, 5.74) is 0. The molecule has 1 aliphatic heterocycles. The molecule has 0 aromatic heterocycles. The van der Waals surface area contributed by atoms with Crippen LogP contribution >= 0.6 is 11.8 Å². The van der Waals surface area contributed by atoms with Crippen LogP contribution < -0.4 is 5.32 Å². The van der Waals surface area contributed by atoms with Gasteiger partial charge in [-0.25, -0.2) is 4.39 Å². The Kier molecular flexibility index (Phi) is 5.22. The third-order valence-corrected chi connectivity index (χ3v) is 4.18. The summed E-state index contributed by atoms with van der Waals surface area (Å²) in [5.74, 6) is 0.575. The Labute approximate surface area is 117 Å². The first-order chi connectivity index (χ1) is 9.16. The van der Waals surface area contributed by atoms with Gasteiger partial charge in [0.1, 0.15) is 5.82 Å². The Balaban J connectivity index is 1.76. The van der Waals surface area contributed by atoms with Crippen LogP contribution in [0.4, 0.5) is 4.39 Å². The van der Waals surface area contributed by atoms with Crippen LogP contribution in [0.1, 0.15) is 13.3 Å². The van der Waals surface area contributed by atoms with Crippen molar-refractivity contribution in [3.63, 3.8) is 0 Å². The molecule has 2 rings (SSSR count). The number of piperazine rings is 1. The summed E-state index contributed by atoms with van der Waals surface area (Å²) in [6.07, 6.45) is 0.464. The lowest BCUT2D eigenvalue weighted by molar-refractivity contribution is -0.131. The van der Waals surface area contributed by atoms with Crippen molar-refractivity contribution in [2.24, 2.45) is 0 Å². The number of hydrogen-bond acceptors (Lipinski definition) is 3. The SMILES string of the molecule is CC1CN(C(=O)CCSc2ccccc2F)CCN1. The van der Waals surface area contributed by atoms with E-state index in [9.17, 15) is 9.18 Å². The van der Waals surface area contributed by atoms with Crippen LogP contribution in [0.25, 0.3) is 0 Å². The van der Waals surface area contributed by atoms with Gasteiger partial charge in [0.05, 0.1) is 0 Å². The minimum absolute atomic E-state index is 0.164. The highest BCUT2D eigenvalue weighted by atomic mass is 32.2. The molecule has 1 atom stereocenters. The predicted molar refractivity (Wildman–Crippen MR) is 75.8 cm³/mol. The third kappa shape index (κ3) is 4.21. The van der Waals surface area contributed by atoms with Crippen LogP contribution in [0.3, 0.4) is 0 Å². The van der Waals surface area contributed by atoms with Crippen molar-refractivity contribution in [1.82, 2.24) is 10.2 Å². The summed E-state index contributed by atoms with van der Waals surface area (Å²) >= 11 is 1.40. The molecule has 1 heterocycles. The zero-order chi connectivity index (χ0) is 13.7. The molecule has 1 fully saturated rings. The van der Waals surface area contributed by atoms with Crippen molar-refractivity contribution in [2.45, 2.75) is 24.3 Å². The van der Waals surface area contributed by atoms with Gasteiger partial charge in [0, 0.05) is 42.7 Å². The van der Waals surface area contributed by atoms with Gasteiger partial charge in [0.25, 0.3) is 0 Å². The number of nitrogens with one attached hydrogen (secondary N) is 1. The molecule has 0 saturated carbocycles. The second-order valence-electron chi connectivity index (χ2n) is 4.72. The summed E-state index contributed by atoms with van der Waals surface area (Å²) < 4.78 is 13.4. The second-order valence-corrected chi connectivity index (χ2v) is 5.86. The molecule has 1 unspecified atom stereocenters. The largest absolute Gasteiger partial charge is 0.340 e. The Morgan fingerprint density at radius 2 is 2.32 bits per heavy atom. The van der Waals surface area contributed by atoms with Gasteiger partial charge >= 0.3 is 0 Å². The summed E-state index contributed by atoms with van der Waals surface area (Å²) in [4.78, 5) is 14.5. The lowest BCUT2D eigenvalue weighted by Crippen LogP contribution is -2.51. The molecule has 0 bridgehead atoms. The molecule has 5 heteroatoms. The highest BCUT2D eigenvalue weighted by Crippen LogP contribution is 2.22. The Hall–Kier alpha value is -1.07. The molecule has 3 nitrogen and oxygen atoms in total. The molecule has 104 valence electrons. The third-order valence-electron chi connectivity index (χ3n) is 3.13. The van der Waals surface area contributed by atoms with Crippen molar-refractivity contribution in [1.29, 1.82) is 0 Å². The molecule has 0 aliphatic carbocycles. The number of benzene rings is 1.